The Morgan fingerprint density at radius 3 is 2.63 bits per heavy atom. The van der Waals surface area contributed by atoms with Crippen LogP contribution in [-0.4, -0.2) is 82.3 Å². The van der Waals surface area contributed by atoms with Gasteiger partial charge in [0, 0.05) is 50.1 Å². The largest absolute Gasteiger partial charge is 0.451 e. The summed E-state index contributed by atoms with van der Waals surface area (Å²) in [5.41, 5.74) is 0.708. The number of halogens is 1. The van der Waals surface area contributed by atoms with E-state index >= 15 is 0 Å². The average Bonchev–Trinajstić information content (AvgIpc) is 3.61. The van der Waals surface area contributed by atoms with E-state index in [1.165, 1.54) is 63.4 Å². The standard InChI is InChI=1S/C33H49FN6O2S/c1-6-43-37-27-9-12-33(13-10-27)14-16-38(21-33)19-25-11-15-39(20-25)31-30(18-35-22-36-31)42-29-8-7-26(34)17-28(29)32(41)40(23(2)3)24(4)5/h7-8,17-18,22-25,27,37H,6,9-16,19-21H2,1-5H3. The van der Waals surface area contributed by atoms with Gasteiger partial charge in [-0.1, -0.05) is 18.9 Å². The first-order chi connectivity index (χ1) is 20.7. The molecule has 1 spiro atoms. The normalized spacial score (nSPS) is 24.4. The summed E-state index contributed by atoms with van der Waals surface area (Å²) in [4.78, 5) is 29.1. The van der Waals surface area contributed by atoms with E-state index in [1.54, 1.807) is 17.4 Å². The molecular formula is C33H49FN6O2S. The molecule has 2 saturated heterocycles. The van der Waals surface area contributed by atoms with Gasteiger partial charge in [-0.3, -0.25) is 9.52 Å². The van der Waals surface area contributed by atoms with Crippen LogP contribution < -0.4 is 14.4 Å². The van der Waals surface area contributed by atoms with Crippen molar-refractivity contribution in [2.45, 2.75) is 91.3 Å². The highest BCUT2D eigenvalue weighted by Gasteiger charge is 2.41. The number of likely N-dealkylation sites (tertiary alicyclic amines) is 1. The molecule has 10 heteroatoms. The molecule has 0 radical (unpaired) electrons. The van der Waals surface area contributed by atoms with E-state index in [2.05, 4.69) is 31.4 Å². The second-order valence-electron chi connectivity index (χ2n) is 13.3. The van der Waals surface area contributed by atoms with Gasteiger partial charge in [-0.15, -0.1) is 0 Å². The molecule has 1 unspecified atom stereocenters. The smallest absolute Gasteiger partial charge is 0.258 e. The van der Waals surface area contributed by atoms with Crippen LogP contribution in [0.15, 0.2) is 30.7 Å². The Bertz CT molecular complexity index is 1230. The van der Waals surface area contributed by atoms with Crippen molar-refractivity contribution < 1.29 is 13.9 Å². The molecule has 1 aromatic carbocycles. The van der Waals surface area contributed by atoms with Crippen molar-refractivity contribution in [2.24, 2.45) is 11.3 Å². The van der Waals surface area contributed by atoms with Gasteiger partial charge in [0.1, 0.15) is 17.9 Å². The number of ether oxygens (including phenoxy) is 1. The molecule has 3 fully saturated rings. The van der Waals surface area contributed by atoms with E-state index in [4.69, 9.17) is 4.74 Å². The summed E-state index contributed by atoms with van der Waals surface area (Å²) in [6, 6.07) is 4.71. The SMILES string of the molecule is CCSNC1CCC2(CC1)CCN(CC1CCN(c3ncncc3Oc3ccc(F)cc3C(=O)N(C(C)C)C(C)C)C1)C2. The maximum Gasteiger partial charge on any atom is 0.258 e. The lowest BCUT2D eigenvalue weighted by Crippen LogP contribution is -2.42. The molecule has 0 bridgehead atoms. The van der Waals surface area contributed by atoms with Gasteiger partial charge in [-0.25, -0.2) is 14.4 Å². The highest BCUT2D eigenvalue weighted by molar-refractivity contribution is 7.97. The predicted molar refractivity (Wildman–Crippen MR) is 172 cm³/mol. The summed E-state index contributed by atoms with van der Waals surface area (Å²) < 4.78 is 24.3. The van der Waals surface area contributed by atoms with Gasteiger partial charge in [0.2, 0.25) is 0 Å². The fourth-order valence-corrected chi connectivity index (χ4v) is 8.02. The zero-order valence-corrected chi connectivity index (χ0v) is 27.3. The lowest BCUT2D eigenvalue weighted by atomic mass is 9.72. The fourth-order valence-electron chi connectivity index (χ4n) is 7.38. The molecule has 8 nitrogen and oxygen atoms in total. The fraction of sp³-hybridized carbons (Fsp3) is 0.667. The molecule has 1 N–H and O–H groups in total. The van der Waals surface area contributed by atoms with Crippen LogP contribution in [0, 0.1) is 17.2 Å². The minimum Gasteiger partial charge on any atom is -0.451 e. The van der Waals surface area contributed by atoms with Crippen LogP contribution in [0.1, 0.15) is 83.5 Å². The van der Waals surface area contributed by atoms with Gasteiger partial charge < -0.3 is 19.4 Å². The minimum atomic E-state index is -0.473. The Labute approximate surface area is 261 Å². The van der Waals surface area contributed by atoms with Gasteiger partial charge in [0.15, 0.2) is 11.6 Å². The molecule has 43 heavy (non-hydrogen) atoms. The number of carbonyl (C=O) groups is 1. The first kappa shape index (κ1) is 32.0. The Morgan fingerprint density at radius 1 is 1.14 bits per heavy atom. The van der Waals surface area contributed by atoms with Crippen molar-refractivity contribution in [3.05, 3.63) is 42.1 Å². The molecule has 1 aliphatic carbocycles. The third-order valence-electron chi connectivity index (χ3n) is 9.46. The lowest BCUT2D eigenvalue weighted by molar-refractivity contribution is 0.0640. The van der Waals surface area contributed by atoms with E-state index in [-0.39, 0.29) is 23.6 Å². The molecule has 236 valence electrons. The summed E-state index contributed by atoms with van der Waals surface area (Å²) in [6.45, 7) is 15.4. The number of hydrogen-bond donors (Lipinski definition) is 1. The number of nitrogens with zero attached hydrogens (tertiary/aromatic N) is 5. The van der Waals surface area contributed by atoms with E-state index in [0.29, 0.717) is 28.9 Å². The number of anilines is 1. The van der Waals surface area contributed by atoms with Crippen molar-refractivity contribution in [1.82, 2.24) is 24.5 Å². The van der Waals surface area contributed by atoms with Gasteiger partial charge in [-0.05, 0) is 102 Å². The number of amides is 1. The summed E-state index contributed by atoms with van der Waals surface area (Å²) in [6.07, 6.45) is 10.9. The van der Waals surface area contributed by atoms with Crippen LogP contribution in [0.5, 0.6) is 11.5 Å². The topological polar surface area (TPSA) is 73.8 Å². The Kier molecular flexibility index (Phi) is 10.5. The van der Waals surface area contributed by atoms with E-state index in [9.17, 15) is 9.18 Å². The van der Waals surface area contributed by atoms with E-state index in [0.717, 1.165) is 37.6 Å². The number of rotatable bonds is 11. The summed E-state index contributed by atoms with van der Waals surface area (Å²) >= 11 is 1.86. The van der Waals surface area contributed by atoms with E-state index in [1.807, 2.05) is 39.6 Å². The third-order valence-corrected chi connectivity index (χ3v) is 10.2. The maximum atomic E-state index is 14.4. The van der Waals surface area contributed by atoms with E-state index < -0.39 is 5.82 Å². The van der Waals surface area contributed by atoms with Crippen LogP contribution in [0.3, 0.4) is 0 Å². The van der Waals surface area contributed by atoms with Crippen molar-refractivity contribution in [1.29, 1.82) is 0 Å². The van der Waals surface area contributed by atoms with Crippen molar-refractivity contribution in [2.75, 3.05) is 43.4 Å². The van der Waals surface area contributed by atoms with Gasteiger partial charge in [0.25, 0.3) is 5.91 Å². The van der Waals surface area contributed by atoms with Crippen molar-refractivity contribution >= 4 is 23.7 Å². The van der Waals surface area contributed by atoms with Crippen LogP contribution in [0.4, 0.5) is 10.2 Å². The number of nitrogens with one attached hydrogen (secondary N) is 1. The number of carbonyl (C=O) groups excluding carboxylic acids is 1. The molecule has 1 aromatic heterocycles. The average molecular weight is 613 g/mol. The monoisotopic (exact) mass is 612 g/mol. The maximum absolute atomic E-state index is 14.4. The second-order valence-corrected chi connectivity index (χ2v) is 14.4. The minimum absolute atomic E-state index is 0.0387. The highest BCUT2D eigenvalue weighted by Crippen LogP contribution is 2.44. The molecule has 5 rings (SSSR count). The third kappa shape index (κ3) is 7.63. The summed E-state index contributed by atoms with van der Waals surface area (Å²) in [7, 11) is 0. The Hall–Kier alpha value is -2.43. The zero-order chi connectivity index (χ0) is 30.6. The van der Waals surface area contributed by atoms with Crippen molar-refractivity contribution in [3.8, 4) is 11.5 Å². The lowest BCUT2D eigenvalue weighted by Gasteiger charge is -2.37. The van der Waals surface area contributed by atoms with Crippen LogP contribution >= 0.6 is 11.9 Å². The highest BCUT2D eigenvalue weighted by atomic mass is 32.2. The Morgan fingerprint density at radius 2 is 1.91 bits per heavy atom. The molecule has 3 heterocycles. The predicted octanol–water partition coefficient (Wildman–Crippen LogP) is 6.39. The second kappa shape index (κ2) is 14.1. The number of benzene rings is 1. The first-order valence-corrected chi connectivity index (χ1v) is 17.1. The molecule has 3 aliphatic rings. The summed E-state index contributed by atoms with van der Waals surface area (Å²) in [5.74, 6) is 2.47. The summed E-state index contributed by atoms with van der Waals surface area (Å²) in [5, 5.41) is 0. The molecule has 2 aliphatic heterocycles. The van der Waals surface area contributed by atoms with Crippen molar-refractivity contribution in [3.63, 3.8) is 0 Å². The molecular weight excluding hydrogens is 563 g/mol. The number of aromatic nitrogens is 2. The molecule has 2 aromatic rings. The first-order valence-electron chi connectivity index (χ1n) is 16.1. The van der Waals surface area contributed by atoms with Crippen LogP contribution in [0.2, 0.25) is 0 Å². The van der Waals surface area contributed by atoms with Gasteiger partial charge >= 0.3 is 0 Å². The van der Waals surface area contributed by atoms with Crippen LogP contribution in [-0.2, 0) is 0 Å². The quantitative estimate of drug-likeness (QED) is 0.293. The Balaban J connectivity index is 1.22. The van der Waals surface area contributed by atoms with Crippen LogP contribution in [0.25, 0.3) is 0 Å². The number of hydrogen-bond acceptors (Lipinski definition) is 8. The molecule has 1 atom stereocenters. The van der Waals surface area contributed by atoms with Gasteiger partial charge in [0.05, 0.1) is 11.8 Å². The molecule has 1 amide bonds. The zero-order valence-electron chi connectivity index (χ0n) is 26.5. The van der Waals surface area contributed by atoms with Gasteiger partial charge in [-0.2, -0.15) is 0 Å². The molecule has 1 saturated carbocycles.